The molecule has 1 atom stereocenters. The molecule has 8 heteroatoms. The van der Waals surface area contributed by atoms with Crippen LogP contribution in [0.15, 0.2) is 23.0 Å². The summed E-state index contributed by atoms with van der Waals surface area (Å²) in [5.41, 5.74) is 0.893. The second-order valence-corrected chi connectivity index (χ2v) is 8.12. The van der Waals surface area contributed by atoms with Gasteiger partial charge in [-0.2, -0.15) is 5.10 Å². The normalized spacial score (nSPS) is 19.8. The molecule has 0 bridgehead atoms. The lowest BCUT2D eigenvalue weighted by Crippen LogP contribution is -2.39. The molecule has 2 heterocycles. The van der Waals surface area contributed by atoms with Gasteiger partial charge in [0, 0.05) is 13.1 Å². The Morgan fingerprint density at radius 1 is 1.39 bits per heavy atom. The van der Waals surface area contributed by atoms with Crippen molar-refractivity contribution >= 4 is 26.6 Å². The number of nitrogens with zero attached hydrogens (tertiary/aromatic N) is 2. The van der Waals surface area contributed by atoms with Gasteiger partial charge in [0.2, 0.25) is 5.43 Å². The number of hydrogen-bond acceptors (Lipinski definition) is 5. The van der Waals surface area contributed by atoms with Gasteiger partial charge in [0.1, 0.15) is 0 Å². The SMILES string of the molecule is Cc1ccc2c(c1)c(=O)c(C(=O)NC1CCS(=O)(=O)C1)nn2C. The number of fused-ring (bicyclic) bond motifs is 1. The first kappa shape index (κ1) is 15.7. The fraction of sp³-hybridized carbons (Fsp3) is 0.400. The number of rotatable bonds is 2. The Kier molecular flexibility index (Phi) is 3.71. The first-order valence-electron chi connectivity index (χ1n) is 7.26. The van der Waals surface area contributed by atoms with Crippen LogP contribution in [-0.2, 0) is 16.9 Å². The van der Waals surface area contributed by atoms with E-state index in [1.807, 2.05) is 13.0 Å². The smallest absolute Gasteiger partial charge is 0.276 e. The fourth-order valence-corrected chi connectivity index (χ4v) is 4.48. The zero-order valence-electron chi connectivity index (χ0n) is 12.9. The summed E-state index contributed by atoms with van der Waals surface area (Å²) >= 11 is 0. The van der Waals surface area contributed by atoms with Gasteiger partial charge in [0.05, 0.1) is 22.4 Å². The summed E-state index contributed by atoms with van der Waals surface area (Å²) in [5, 5.41) is 7.08. The second kappa shape index (κ2) is 5.45. The molecule has 1 fully saturated rings. The zero-order valence-corrected chi connectivity index (χ0v) is 13.7. The van der Waals surface area contributed by atoms with Crippen molar-refractivity contribution in [1.29, 1.82) is 0 Å². The molecule has 23 heavy (non-hydrogen) atoms. The maximum atomic E-state index is 12.5. The van der Waals surface area contributed by atoms with Crippen LogP contribution < -0.4 is 10.7 Å². The highest BCUT2D eigenvalue weighted by Gasteiger charge is 2.30. The van der Waals surface area contributed by atoms with Crippen LogP contribution in [0.25, 0.3) is 10.9 Å². The first-order valence-corrected chi connectivity index (χ1v) is 9.08. The Balaban J connectivity index is 1.98. The van der Waals surface area contributed by atoms with E-state index >= 15 is 0 Å². The zero-order chi connectivity index (χ0) is 16.8. The summed E-state index contributed by atoms with van der Waals surface area (Å²) in [5.74, 6) is -0.664. The van der Waals surface area contributed by atoms with Gasteiger partial charge in [-0.3, -0.25) is 14.3 Å². The van der Waals surface area contributed by atoms with Crippen LogP contribution in [0.5, 0.6) is 0 Å². The molecular formula is C15H17N3O4S. The van der Waals surface area contributed by atoms with Crippen LogP contribution in [0.3, 0.4) is 0 Å². The van der Waals surface area contributed by atoms with Crippen molar-refractivity contribution in [1.82, 2.24) is 15.1 Å². The molecule has 1 N–H and O–H groups in total. The number of benzene rings is 1. The molecule has 1 aliphatic rings. The Morgan fingerprint density at radius 2 is 2.13 bits per heavy atom. The van der Waals surface area contributed by atoms with Gasteiger partial charge in [-0.1, -0.05) is 11.6 Å². The van der Waals surface area contributed by atoms with Gasteiger partial charge in [0.25, 0.3) is 5.91 Å². The number of aromatic nitrogens is 2. The number of carbonyl (C=O) groups is 1. The molecule has 1 aromatic heterocycles. The Morgan fingerprint density at radius 3 is 2.78 bits per heavy atom. The van der Waals surface area contributed by atoms with Crippen LogP contribution in [0, 0.1) is 6.92 Å². The van der Waals surface area contributed by atoms with Gasteiger partial charge < -0.3 is 5.32 Å². The van der Waals surface area contributed by atoms with E-state index in [4.69, 9.17) is 0 Å². The maximum absolute atomic E-state index is 12.5. The minimum Gasteiger partial charge on any atom is -0.347 e. The van der Waals surface area contributed by atoms with Crippen molar-refractivity contribution in [3.05, 3.63) is 39.7 Å². The van der Waals surface area contributed by atoms with Crippen LogP contribution in [0.1, 0.15) is 22.5 Å². The summed E-state index contributed by atoms with van der Waals surface area (Å²) in [6.45, 7) is 1.86. The van der Waals surface area contributed by atoms with E-state index in [-0.39, 0.29) is 17.2 Å². The van der Waals surface area contributed by atoms with Gasteiger partial charge in [-0.05, 0) is 25.5 Å². The average Bonchev–Trinajstić information content (AvgIpc) is 2.81. The standard InChI is InChI=1S/C15H17N3O4S/c1-9-3-4-12-11(7-9)14(19)13(17-18(12)2)15(20)16-10-5-6-23(21,22)8-10/h3-4,7,10H,5-6,8H2,1-2H3,(H,16,20). The molecule has 2 aromatic rings. The molecule has 0 aliphatic carbocycles. The lowest BCUT2D eigenvalue weighted by molar-refractivity contribution is 0.0933. The second-order valence-electron chi connectivity index (χ2n) is 5.90. The molecular weight excluding hydrogens is 318 g/mol. The third-order valence-corrected chi connectivity index (χ3v) is 5.76. The van der Waals surface area contributed by atoms with E-state index in [0.29, 0.717) is 17.3 Å². The molecule has 1 aromatic carbocycles. The van der Waals surface area contributed by atoms with Crippen LogP contribution in [-0.4, -0.2) is 41.7 Å². The maximum Gasteiger partial charge on any atom is 0.276 e. The summed E-state index contributed by atoms with van der Waals surface area (Å²) in [4.78, 5) is 24.9. The molecule has 1 aliphatic heterocycles. The van der Waals surface area contributed by atoms with Crippen molar-refractivity contribution in [2.75, 3.05) is 11.5 Å². The lowest BCUT2D eigenvalue weighted by atomic mass is 10.1. The highest BCUT2D eigenvalue weighted by atomic mass is 32.2. The molecule has 0 radical (unpaired) electrons. The molecule has 0 saturated carbocycles. The monoisotopic (exact) mass is 335 g/mol. The largest absolute Gasteiger partial charge is 0.347 e. The van der Waals surface area contributed by atoms with Crippen molar-refractivity contribution < 1.29 is 13.2 Å². The van der Waals surface area contributed by atoms with E-state index in [1.165, 1.54) is 4.68 Å². The number of sulfone groups is 1. The Labute approximate surface area is 133 Å². The number of carbonyl (C=O) groups excluding carboxylic acids is 1. The predicted molar refractivity (Wildman–Crippen MR) is 86.2 cm³/mol. The van der Waals surface area contributed by atoms with Gasteiger partial charge >= 0.3 is 0 Å². The van der Waals surface area contributed by atoms with Crippen molar-refractivity contribution in [2.45, 2.75) is 19.4 Å². The van der Waals surface area contributed by atoms with Gasteiger partial charge in [-0.25, -0.2) is 8.42 Å². The molecule has 122 valence electrons. The lowest BCUT2D eigenvalue weighted by Gasteiger charge is -2.12. The summed E-state index contributed by atoms with van der Waals surface area (Å²) in [7, 11) is -1.44. The van der Waals surface area contributed by atoms with Gasteiger partial charge in [0.15, 0.2) is 15.5 Å². The van der Waals surface area contributed by atoms with Crippen LogP contribution >= 0.6 is 0 Å². The molecule has 7 nitrogen and oxygen atoms in total. The highest BCUT2D eigenvalue weighted by Crippen LogP contribution is 2.13. The molecule has 3 rings (SSSR count). The number of hydrogen-bond donors (Lipinski definition) is 1. The molecule has 0 spiro atoms. The summed E-state index contributed by atoms with van der Waals surface area (Å²) < 4.78 is 24.4. The average molecular weight is 335 g/mol. The van der Waals surface area contributed by atoms with Crippen molar-refractivity contribution in [2.24, 2.45) is 7.05 Å². The van der Waals surface area contributed by atoms with Crippen LogP contribution in [0.2, 0.25) is 0 Å². The quantitative estimate of drug-likeness (QED) is 0.843. The van der Waals surface area contributed by atoms with E-state index < -0.39 is 27.2 Å². The van der Waals surface area contributed by atoms with Crippen molar-refractivity contribution in [3.63, 3.8) is 0 Å². The third-order valence-electron chi connectivity index (χ3n) is 3.99. The number of aryl methyl sites for hydroxylation is 2. The Bertz CT molecular complexity index is 963. The van der Waals surface area contributed by atoms with Crippen molar-refractivity contribution in [3.8, 4) is 0 Å². The van der Waals surface area contributed by atoms with E-state index in [0.717, 1.165) is 5.56 Å². The highest BCUT2D eigenvalue weighted by molar-refractivity contribution is 7.91. The number of amides is 1. The number of nitrogens with one attached hydrogen (secondary N) is 1. The minimum atomic E-state index is -3.10. The summed E-state index contributed by atoms with van der Waals surface area (Å²) in [6, 6.07) is 4.90. The van der Waals surface area contributed by atoms with E-state index in [1.54, 1.807) is 19.2 Å². The van der Waals surface area contributed by atoms with E-state index in [2.05, 4.69) is 10.4 Å². The fourth-order valence-electron chi connectivity index (χ4n) is 2.80. The minimum absolute atomic E-state index is 0.0559. The topological polar surface area (TPSA) is 98.1 Å². The molecule has 1 amide bonds. The van der Waals surface area contributed by atoms with E-state index in [9.17, 15) is 18.0 Å². The van der Waals surface area contributed by atoms with Crippen LogP contribution in [0.4, 0.5) is 0 Å². The molecule has 1 unspecified atom stereocenters. The Hall–Kier alpha value is -2.22. The first-order chi connectivity index (χ1) is 10.8. The predicted octanol–water partition coefficient (Wildman–Crippen LogP) is 0.159. The summed E-state index contributed by atoms with van der Waals surface area (Å²) in [6.07, 6.45) is 0.362. The molecule has 1 saturated heterocycles. The third kappa shape index (κ3) is 2.98. The van der Waals surface area contributed by atoms with Gasteiger partial charge in [-0.15, -0.1) is 0 Å².